The molecular weight excluding hydrogens is 456 g/mol. The lowest BCUT2D eigenvalue weighted by Crippen LogP contribution is -2.40. The number of carbonyl (C=O) groups is 2. The number of unbranched alkanes of at least 4 members (excludes halogenated alkanes) is 1. The maximum Gasteiger partial charge on any atom is 0.272 e. The first-order valence-corrected chi connectivity index (χ1v) is 13.1. The van der Waals surface area contributed by atoms with Gasteiger partial charge in [0, 0.05) is 25.6 Å². The third kappa shape index (κ3) is 8.28. The van der Waals surface area contributed by atoms with Gasteiger partial charge in [-0.1, -0.05) is 53.5 Å². The van der Waals surface area contributed by atoms with Gasteiger partial charge >= 0.3 is 0 Å². The molecule has 1 aromatic heterocycles. The maximum absolute atomic E-state index is 13.4. The van der Waals surface area contributed by atoms with Gasteiger partial charge in [0.25, 0.3) is 5.91 Å². The van der Waals surface area contributed by atoms with E-state index in [9.17, 15) is 9.59 Å². The Balaban J connectivity index is 2.37. The molecule has 1 heterocycles. The fraction of sp³-hybridized carbons (Fsp3) is 0.607. The summed E-state index contributed by atoms with van der Waals surface area (Å²) in [5.41, 5.74) is 1.82. The molecule has 2 amide bonds. The van der Waals surface area contributed by atoms with Crippen LogP contribution in [-0.4, -0.2) is 48.4 Å². The summed E-state index contributed by atoms with van der Waals surface area (Å²) in [6.45, 7) is 11.8. The van der Waals surface area contributed by atoms with Gasteiger partial charge in [0.2, 0.25) is 5.91 Å². The minimum Gasteiger partial charge on any atom is -0.496 e. The largest absolute Gasteiger partial charge is 0.496 e. The number of hydrogen-bond donors (Lipinski definition) is 2. The lowest BCUT2D eigenvalue weighted by atomic mass is 10.0. The zero-order chi connectivity index (χ0) is 26.7. The molecule has 2 N–H and O–H groups in total. The van der Waals surface area contributed by atoms with Crippen LogP contribution >= 0.6 is 0 Å². The zero-order valence-electron chi connectivity index (χ0n) is 23.0. The molecule has 0 saturated heterocycles. The highest BCUT2D eigenvalue weighted by Gasteiger charge is 2.24. The topological polar surface area (TPSA) is 94.5 Å². The van der Waals surface area contributed by atoms with Crippen LogP contribution in [0.3, 0.4) is 0 Å². The third-order valence-corrected chi connectivity index (χ3v) is 6.25. The number of hydrogen-bond acceptors (Lipinski definition) is 5. The SMILES string of the molecule is CCCCNC(=O)C[C@H](CC(C)C)NC(=O)c1cc(-c2c(OC)cccc2OC)n(CC(C)CC)n1. The summed E-state index contributed by atoms with van der Waals surface area (Å²) in [5.74, 6) is 1.65. The van der Waals surface area contributed by atoms with E-state index in [1.165, 1.54) is 0 Å². The normalized spacial score (nSPS) is 12.8. The van der Waals surface area contributed by atoms with Crippen molar-refractivity contribution in [2.24, 2.45) is 11.8 Å². The van der Waals surface area contributed by atoms with Crippen LogP contribution in [0.25, 0.3) is 11.3 Å². The average molecular weight is 501 g/mol. The van der Waals surface area contributed by atoms with E-state index in [1.54, 1.807) is 20.3 Å². The summed E-state index contributed by atoms with van der Waals surface area (Å²) in [4.78, 5) is 25.8. The lowest BCUT2D eigenvalue weighted by Gasteiger charge is -2.20. The van der Waals surface area contributed by atoms with E-state index in [1.807, 2.05) is 22.9 Å². The van der Waals surface area contributed by atoms with Crippen molar-refractivity contribution in [3.63, 3.8) is 0 Å². The molecule has 200 valence electrons. The van der Waals surface area contributed by atoms with Crippen molar-refractivity contribution in [1.29, 1.82) is 0 Å². The van der Waals surface area contributed by atoms with Gasteiger partial charge < -0.3 is 20.1 Å². The first kappa shape index (κ1) is 29.2. The predicted molar refractivity (Wildman–Crippen MR) is 143 cm³/mol. The zero-order valence-corrected chi connectivity index (χ0v) is 23.0. The van der Waals surface area contributed by atoms with Gasteiger partial charge in [0.1, 0.15) is 11.5 Å². The molecule has 0 saturated carbocycles. The number of nitrogens with one attached hydrogen (secondary N) is 2. The predicted octanol–water partition coefficient (Wildman–Crippen LogP) is 5.06. The van der Waals surface area contributed by atoms with Crippen LogP contribution in [0, 0.1) is 11.8 Å². The molecule has 2 atom stereocenters. The smallest absolute Gasteiger partial charge is 0.272 e. The van der Waals surface area contributed by atoms with Gasteiger partial charge in [-0.15, -0.1) is 0 Å². The second-order valence-electron chi connectivity index (χ2n) is 9.86. The summed E-state index contributed by atoms with van der Waals surface area (Å²) in [6, 6.07) is 7.11. The molecule has 1 aromatic carbocycles. The van der Waals surface area contributed by atoms with Crippen LogP contribution in [0.4, 0.5) is 0 Å². The quantitative estimate of drug-likeness (QED) is 0.333. The monoisotopic (exact) mass is 500 g/mol. The van der Waals surface area contributed by atoms with Gasteiger partial charge in [-0.05, 0) is 42.9 Å². The summed E-state index contributed by atoms with van der Waals surface area (Å²) in [6.07, 6.45) is 3.89. The summed E-state index contributed by atoms with van der Waals surface area (Å²) in [7, 11) is 3.23. The van der Waals surface area contributed by atoms with Crippen LogP contribution in [-0.2, 0) is 11.3 Å². The molecule has 2 rings (SSSR count). The van der Waals surface area contributed by atoms with Crippen molar-refractivity contribution < 1.29 is 19.1 Å². The molecule has 36 heavy (non-hydrogen) atoms. The molecule has 0 aliphatic carbocycles. The highest BCUT2D eigenvalue weighted by molar-refractivity contribution is 5.94. The second kappa shape index (κ2) is 14.5. The van der Waals surface area contributed by atoms with E-state index in [4.69, 9.17) is 14.6 Å². The van der Waals surface area contributed by atoms with Crippen LogP contribution in [0.2, 0.25) is 0 Å². The van der Waals surface area contributed by atoms with Gasteiger partial charge in [-0.2, -0.15) is 5.10 Å². The molecule has 0 bridgehead atoms. The van der Waals surface area contributed by atoms with Crippen molar-refractivity contribution in [3.05, 3.63) is 30.0 Å². The molecule has 0 radical (unpaired) electrons. The molecule has 0 aliphatic rings. The average Bonchev–Trinajstić information content (AvgIpc) is 3.26. The van der Waals surface area contributed by atoms with Crippen LogP contribution in [0.1, 0.15) is 77.2 Å². The first-order chi connectivity index (χ1) is 17.2. The Kier molecular flexibility index (Phi) is 11.8. The highest BCUT2D eigenvalue weighted by atomic mass is 16.5. The molecular formula is C28H44N4O4. The second-order valence-corrected chi connectivity index (χ2v) is 9.86. The third-order valence-electron chi connectivity index (χ3n) is 6.25. The molecule has 1 unspecified atom stereocenters. The van der Waals surface area contributed by atoms with Crippen LogP contribution < -0.4 is 20.1 Å². The van der Waals surface area contributed by atoms with Crippen LogP contribution in [0.5, 0.6) is 11.5 Å². The number of rotatable bonds is 15. The number of ether oxygens (including phenoxy) is 2. The summed E-state index contributed by atoms with van der Waals surface area (Å²) < 4.78 is 13.1. The first-order valence-electron chi connectivity index (χ1n) is 13.1. The van der Waals surface area contributed by atoms with E-state index in [2.05, 4.69) is 45.3 Å². The minimum atomic E-state index is -0.292. The van der Waals surface area contributed by atoms with Crippen molar-refractivity contribution in [1.82, 2.24) is 20.4 Å². The Morgan fingerprint density at radius 2 is 1.75 bits per heavy atom. The number of methoxy groups -OCH3 is 2. The number of carbonyl (C=O) groups excluding carboxylic acids is 2. The van der Waals surface area contributed by atoms with E-state index < -0.39 is 0 Å². The van der Waals surface area contributed by atoms with Crippen molar-refractivity contribution >= 4 is 11.8 Å². The van der Waals surface area contributed by atoms with E-state index >= 15 is 0 Å². The number of amides is 2. The van der Waals surface area contributed by atoms with Crippen LogP contribution in [0.15, 0.2) is 24.3 Å². The number of benzene rings is 1. The maximum atomic E-state index is 13.4. The molecule has 8 nitrogen and oxygen atoms in total. The fourth-order valence-corrected chi connectivity index (χ4v) is 4.12. The Hall–Kier alpha value is -3.03. The van der Waals surface area contributed by atoms with Gasteiger partial charge in [0.15, 0.2) is 5.69 Å². The van der Waals surface area contributed by atoms with Crippen molar-refractivity contribution in [2.75, 3.05) is 20.8 Å². The molecule has 0 spiro atoms. The van der Waals surface area contributed by atoms with Gasteiger partial charge in [-0.25, -0.2) is 0 Å². The summed E-state index contributed by atoms with van der Waals surface area (Å²) >= 11 is 0. The molecule has 2 aromatic rings. The molecule has 0 aliphatic heterocycles. The minimum absolute atomic E-state index is 0.0452. The van der Waals surface area contributed by atoms with E-state index in [0.29, 0.717) is 48.5 Å². The van der Waals surface area contributed by atoms with Gasteiger partial charge in [0.05, 0.1) is 25.5 Å². The summed E-state index contributed by atoms with van der Waals surface area (Å²) in [5, 5.41) is 10.7. The van der Waals surface area contributed by atoms with E-state index in [0.717, 1.165) is 30.5 Å². The highest BCUT2D eigenvalue weighted by Crippen LogP contribution is 2.39. The Labute approximate surface area is 216 Å². The standard InChI is InChI=1S/C28H44N4O4/c1-8-10-14-29-26(33)16-21(15-19(3)4)30-28(34)22-17-23(32(31-22)18-20(5)9-2)27-24(35-6)12-11-13-25(27)36-7/h11-13,17,19-21H,8-10,14-16,18H2,1-7H3,(H,29,33)(H,30,34)/t20?,21-/m0/s1. The Morgan fingerprint density at radius 1 is 1.08 bits per heavy atom. The Morgan fingerprint density at radius 3 is 2.31 bits per heavy atom. The van der Waals surface area contributed by atoms with Gasteiger partial charge in [-0.3, -0.25) is 14.3 Å². The number of aromatic nitrogens is 2. The Bertz CT molecular complexity index is 964. The van der Waals surface area contributed by atoms with Crippen molar-refractivity contribution in [3.8, 4) is 22.8 Å². The van der Waals surface area contributed by atoms with E-state index in [-0.39, 0.29) is 24.3 Å². The number of nitrogens with zero attached hydrogens (tertiary/aromatic N) is 2. The fourth-order valence-electron chi connectivity index (χ4n) is 4.12. The lowest BCUT2D eigenvalue weighted by molar-refractivity contribution is -0.121. The molecule has 0 fully saturated rings. The van der Waals surface area contributed by atoms with Crippen molar-refractivity contribution in [2.45, 2.75) is 79.3 Å². The molecule has 8 heteroatoms.